The van der Waals surface area contributed by atoms with Crippen LogP contribution < -0.4 is 10.9 Å². The zero-order valence-electron chi connectivity index (χ0n) is 12.8. The van der Waals surface area contributed by atoms with Crippen molar-refractivity contribution in [3.8, 4) is 0 Å². The van der Waals surface area contributed by atoms with Crippen molar-refractivity contribution in [2.45, 2.75) is 39.2 Å². The van der Waals surface area contributed by atoms with Crippen LogP contribution in [0.3, 0.4) is 0 Å². The Bertz CT molecular complexity index is 541. The number of nitrogens with one attached hydrogen (secondary N) is 2. The number of amides is 1. The average molecular weight is 292 g/mol. The second-order valence-corrected chi connectivity index (χ2v) is 5.91. The third-order valence-corrected chi connectivity index (χ3v) is 3.88. The molecule has 116 valence electrons. The molecule has 1 aliphatic heterocycles. The van der Waals surface area contributed by atoms with Gasteiger partial charge in [0.1, 0.15) is 5.82 Å². The number of piperidine rings is 1. The smallest absolute Gasteiger partial charge is 0.251 e. The van der Waals surface area contributed by atoms with Crippen LogP contribution in [0, 0.1) is 12.8 Å². The number of carbonyl (C=O) groups is 1. The fraction of sp³-hybridized carbons (Fsp3) is 0.667. The predicted octanol–water partition coefficient (Wildman–Crippen LogP) is 0.817. The zero-order valence-corrected chi connectivity index (χ0v) is 12.8. The van der Waals surface area contributed by atoms with Crippen molar-refractivity contribution < 1.29 is 4.79 Å². The van der Waals surface area contributed by atoms with E-state index in [0.29, 0.717) is 30.4 Å². The Balaban J connectivity index is 1.73. The lowest BCUT2D eigenvalue weighted by molar-refractivity contribution is -0.121. The molecule has 21 heavy (non-hydrogen) atoms. The summed E-state index contributed by atoms with van der Waals surface area (Å²) >= 11 is 0. The van der Waals surface area contributed by atoms with Gasteiger partial charge in [-0.1, -0.05) is 0 Å². The number of aromatic nitrogens is 2. The molecule has 1 atom stereocenters. The van der Waals surface area contributed by atoms with Crippen molar-refractivity contribution in [2.75, 3.05) is 20.1 Å². The molecule has 1 saturated heterocycles. The van der Waals surface area contributed by atoms with Crippen LogP contribution in [0.15, 0.2) is 10.9 Å². The molecule has 1 fully saturated rings. The summed E-state index contributed by atoms with van der Waals surface area (Å²) in [6.07, 6.45) is 3.91. The number of hydrogen-bond acceptors (Lipinski definition) is 4. The lowest BCUT2D eigenvalue weighted by Crippen LogP contribution is -2.33. The normalized spacial score (nSPS) is 19.4. The molecule has 1 aromatic heterocycles. The van der Waals surface area contributed by atoms with Crippen LogP contribution in [0.1, 0.15) is 37.2 Å². The molecule has 1 aromatic rings. The molecule has 6 nitrogen and oxygen atoms in total. The maximum atomic E-state index is 11.9. The van der Waals surface area contributed by atoms with Crippen LogP contribution in [0.4, 0.5) is 0 Å². The number of likely N-dealkylation sites (tertiary alicyclic amines) is 1. The third-order valence-electron chi connectivity index (χ3n) is 3.88. The van der Waals surface area contributed by atoms with Crippen LogP contribution >= 0.6 is 0 Å². The van der Waals surface area contributed by atoms with Gasteiger partial charge >= 0.3 is 0 Å². The Morgan fingerprint density at radius 1 is 1.57 bits per heavy atom. The highest BCUT2D eigenvalue weighted by Crippen LogP contribution is 2.19. The summed E-state index contributed by atoms with van der Waals surface area (Å²) < 4.78 is 0. The first-order chi connectivity index (χ1) is 10.0. The van der Waals surface area contributed by atoms with Crippen molar-refractivity contribution >= 4 is 5.91 Å². The van der Waals surface area contributed by atoms with E-state index < -0.39 is 0 Å². The molecule has 2 rings (SSSR count). The molecule has 0 spiro atoms. The van der Waals surface area contributed by atoms with Gasteiger partial charge in [0, 0.05) is 19.0 Å². The van der Waals surface area contributed by atoms with Gasteiger partial charge in [-0.05, 0) is 45.7 Å². The van der Waals surface area contributed by atoms with Crippen LogP contribution in [0.25, 0.3) is 0 Å². The van der Waals surface area contributed by atoms with E-state index in [4.69, 9.17) is 0 Å². The highest BCUT2D eigenvalue weighted by Gasteiger charge is 2.17. The molecule has 0 aliphatic carbocycles. The van der Waals surface area contributed by atoms with Crippen LogP contribution in [0.5, 0.6) is 0 Å². The van der Waals surface area contributed by atoms with Gasteiger partial charge in [-0.15, -0.1) is 0 Å². The van der Waals surface area contributed by atoms with Gasteiger partial charge in [0.2, 0.25) is 5.91 Å². The quantitative estimate of drug-likeness (QED) is 0.842. The Morgan fingerprint density at radius 3 is 3.10 bits per heavy atom. The van der Waals surface area contributed by atoms with E-state index in [0.717, 1.165) is 19.5 Å². The maximum absolute atomic E-state index is 11.9. The molecular formula is C15H24N4O2. The number of aromatic amines is 1. The first kappa shape index (κ1) is 15.7. The maximum Gasteiger partial charge on any atom is 0.251 e. The summed E-state index contributed by atoms with van der Waals surface area (Å²) in [5.41, 5.74) is 0.416. The number of carbonyl (C=O) groups excluding carboxylic acids is 1. The van der Waals surface area contributed by atoms with Crippen molar-refractivity contribution in [1.82, 2.24) is 20.2 Å². The predicted molar refractivity (Wildman–Crippen MR) is 80.9 cm³/mol. The van der Waals surface area contributed by atoms with E-state index in [1.807, 2.05) is 0 Å². The van der Waals surface area contributed by atoms with Crippen molar-refractivity contribution in [3.63, 3.8) is 0 Å². The third kappa shape index (κ3) is 5.30. The number of aryl methyl sites for hydroxylation is 1. The summed E-state index contributed by atoms with van der Waals surface area (Å²) in [4.78, 5) is 32.3. The van der Waals surface area contributed by atoms with Gasteiger partial charge in [0.15, 0.2) is 0 Å². The van der Waals surface area contributed by atoms with Gasteiger partial charge in [0.25, 0.3) is 5.56 Å². The summed E-state index contributed by atoms with van der Waals surface area (Å²) in [6.45, 7) is 4.29. The van der Waals surface area contributed by atoms with Crippen molar-refractivity contribution in [2.24, 2.45) is 5.92 Å². The topological polar surface area (TPSA) is 78.1 Å². The molecule has 1 amide bonds. The average Bonchev–Trinajstić information content (AvgIpc) is 2.42. The molecule has 1 aliphatic rings. The van der Waals surface area contributed by atoms with E-state index in [-0.39, 0.29) is 11.5 Å². The summed E-state index contributed by atoms with van der Waals surface area (Å²) in [5, 5.41) is 2.84. The van der Waals surface area contributed by atoms with Crippen molar-refractivity contribution in [1.29, 1.82) is 0 Å². The molecule has 6 heteroatoms. The van der Waals surface area contributed by atoms with Gasteiger partial charge in [-0.2, -0.15) is 0 Å². The molecule has 0 saturated carbocycles. The zero-order chi connectivity index (χ0) is 15.2. The number of rotatable bonds is 5. The number of H-pyrrole nitrogens is 1. The largest absolute Gasteiger partial charge is 0.350 e. The van der Waals surface area contributed by atoms with Crippen LogP contribution in [0.2, 0.25) is 0 Å². The van der Waals surface area contributed by atoms with Crippen molar-refractivity contribution in [3.05, 3.63) is 27.9 Å². The van der Waals surface area contributed by atoms with E-state index in [9.17, 15) is 9.59 Å². The van der Waals surface area contributed by atoms with Crippen LogP contribution in [-0.4, -0.2) is 40.9 Å². The molecule has 0 radical (unpaired) electrons. The molecular weight excluding hydrogens is 268 g/mol. The monoisotopic (exact) mass is 292 g/mol. The second kappa shape index (κ2) is 7.36. The lowest BCUT2D eigenvalue weighted by Gasteiger charge is -2.29. The Morgan fingerprint density at radius 2 is 2.38 bits per heavy atom. The standard InChI is InChI=1S/C15H24N4O2/c1-11-17-13(8-15(21)18-11)9-16-14(20)6-5-12-4-3-7-19(2)10-12/h8,12H,3-7,9-10H2,1-2H3,(H,16,20)(H,17,18,21). The number of nitrogens with zero attached hydrogens (tertiary/aromatic N) is 2. The second-order valence-electron chi connectivity index (χ2n) is 5.91. The summed E-state index contributed by atoms with van der Waals surface area (Å²) in [7, 11) is 2.13. The summed E-state index contributed by atoms with van der Waals surface area (Å²) in [5.74, 6) is 1.22. The lowest BCUT2D eigenvalue weighted by atomic mass is 9.93. The van der Waals surface area contributed by atoms with Gasteiger partial charge in [-0.25, -0.2) is 4.98 Å². The highest BCUT2D eigenvalue weighted by molar-refractivity contribution is 5.75. The Hall–Kier alpha value is -1.69. The molecule has 2 N–H and O–H groups in total. The number of hydrogen-bond donors (Lipinski definition) is 2. The SMILES string of the molecule is Cc1nc(CNC(=O)CCC2CCCN(C)C2)cc(=O)[nH]1. The fourth-order valence-corrected chi connectivity index (χ4v) is 2.85. The van der Waals surface area contributed by atoms with Crippen LogP contribution in [-0.2, 0) is 11.3 Å². The summed E-state index contributed by atoms with van der Waals surface area (Å²) in [6, 6.07) is 1.42. The minimum absolute atomic E-state index is 0.0305. The molecule has 0 aromatic carbocycles. The van der Waals surface area contributed by atoms with E-state index in [1.165, 1.54) is 18.9 Å². The first-order valence-electron chi connectivity index (χ1n) is 7.55. The molecule has 1 unspecified atom stereocenters. The van der Waals surface area contributed by atoms with Gasteiger partial charge in [-0.3, -0.25) is 9.59 Å². The highest BCUT2D eigenvalue weighted by atomic mass is 16.1. The van der Waals surface area contributed by atoms with Gasteiger partial charge < -0.3 is 15.2 Å². The Kier molecular flexibility index (Phi) is 5.50. The first-order valence-corrected chi connectivity index (χ1v) is 7.55. The minimum atomic E-state index is -0.183. The fourth-order valence-electron chi connectivity index (χ4n) is 2.85. The van der Waals surface area contributed by atoms with Gasteiger partial charge in [0.05, 0.1) is 12.2 Å². The molecule has 0 bridgehead atoms. The molecule has 2 heterocycles. The minimum Gasteiger partial charge on any atom is -0.350 e. The van der Waals surface area contributed by atoms with E-state index >= 15 is 0 Å². The van der Waals surface area contributed by atoms with E-state index in [2.05, 4.69) is 27.2 Å². The van der Waals surface area contributed by atoms with E-state index in [1.54, 1.807) is 6.92 Å². The Labute approximate surface area is 125 Å².